The van der Waals surface area contributed by atoms with Crippen molar-refractivity contribution in [3.8, 4) is 5.75 Å². The number of ether oxygens (including phenoxy) is 1. The van der Waals surface area contributed by atoms with Crippen LogP contribution in [-0.4, -0.2) is 48.5 Å². The lowest BCUT2D eigenvalue weighted by molar-refractivity contribution is 0.0593. The second-order valence-electron chi connectivity index (χ2n) is 9.22. The molecular formula is C29H33BrN2O2. The topological polar surface area (TPSA) is 32.8 Å². The van der Waals surface area contributed by atoms with Gasteiger partial charge in [-0.2, -0.15) is 0 Å². The van der Waals surface area contributed by atoms with Gasteiger partial charge in [0.2, 0.25) is 0 Å². The van der Waals surface area contributed by atoms with Gasteiger partial charge in [-0.1, -0.05) is 90.4 Å². The fraction of sp³-hybridized carbons (Fsp3) is 0.345. The molecule has 1 amide bonds. The maximum absolute atomic E-state index is 13.5. The smallest absolute Gasteiger partial charge is 0.257 e. The van der Waals surface area contributed by atoms with E-state index in [0.717, 1.165) is 24.0 Å². The van der Waals surface area contributed by atoms with Crippen LogP contribution in [0.25, 0.3) is 0 Å². The summed E-state index contributed by atoms with van der Waals surface area (Å²) in [5.41, 5.74) is 3.19. The first-order chi connectivity index (χ1) is 16.5. The number of benzene rings is 3. The maximum Gasteiger partial charge on any atom is 0.257 e. The number of halogens is 1. The summed E-state index contributed by atoms with van der Waals surface area (Å²) in [7, 11) is 0. The third-order valence-electron chi connectivity index (χ3n) is 6.32. The van der Waals surface area contributed by atoms with Crippen LogP contribution in [-0.2, 0) is 0 Å². The van der Waals surface area contributed by atoms with E-state index in [2.05, 4.69) is 95.3 Å². The molecule has 0 radical (unpaired) electrons. The minimum Gasteiger partial charge on any atom is -0.493 e. The highest BCUT2D eigenvalue weighted by Gasteiger charge is 2.29. The zero-order valence-corrected chi connectivity index (χ0v) is 21.6. The van der Waals surface area contributed by atoms with Crippen LogP contribution >= 0.6 is 15.9 Å². The van der Waals surface area contributed by atoms with Crippen LogP contribution in [0.4, 0.5) is 0 Å². The largest absolute Gasteiger partial charge is 0.493 e. The number of carbonyl (C=O) groups is 1. The van der Waals surface area contributed by atoms with Crippen LogP contribution in [0.2, 0.25) is 0 Å². The Morgan fingerprint density at radius 2 is 1.47 bits per heavy atom. The first kappa shape index (κ1) is 24.5. The number of piperazine rings is 1. The third-order valence-corrected chi connectivity index (χ3v) is 6.82. The van der Waals surface area contributed by atoms with Crippen molar-refractivity contribution in [3.63, 3.8) is 0 Å². The normalized spacial score (nSPS) is 14.6. The molecule has 1 aliphatic rings. The average Bonchev–Trinajstić information content (AvgIpc) is 2.86. The second kappa shape index (κ2) is 11.7. The molecule has 1 saturated heterocycles. The molecule has 0 aliphatic carbocycles. The van der Waals surface area contributed by atoms with Crippen LogP contribution in [0.15, 0.2) is 83.3 Å². The Morgan fingerprint density at radius 1 is 0.882 bits per heavy atom. The van der Waals surface area contributed by atoms with E-state index in [1.807, 2.05) is 23.1 Å². The predicted octanol–water partition coefficient (Wildman–Crippen LogP) is 6.42. The first-order valence-electron chi connectivity index (χ1n) is 12.1. The SMILES string of the molecule is CC(C)CCOc1ccc(Br)cc1C(=O)N1CCN(C(c2ccccc2)c2ccccc2)CC1. The van der Waals surface area contributed by atoms with Gasteiger partial charge in [0.15, 0.2) is 0 Å². The summed E-state index contributed by atoms with van der Waals surface area (Å²) in [6, 6.07) is 27.2. The number of carbonyl (C=O) groups excluding carboxylic acids is 1. The number of amides is 1. The lowest BCUT2D eigenvalue weighted by atomic mass is 9.96. The van der Waals surface area contributed by atoms with Crippen molar-refractivity contribution in [3.05, 3.63) is 100 Å². The van der Waals surface area contributed by atoms with E-state index in [0.29, 0.717) is 36.9 Å². The minimum absolute atomic E-state index is 0.0384. The molecule has 0 aromatic heterocycles. The van der Waals surface area contributed by atoms with Crippen molar-refractivity contribution in [2.24, 2.45) is 5.92 Å². The van der Waals surface area contributed by atoms with E-state index >= 15 is 0 Å². The standard InChI is InChI=1S/C29H33BrN2O2/c1-22(2)15-20-34-27-14-13-25(30)21-26(27)29(33)32-18-16-31(17-19-32)28(23-9-5-3-6-10-23)24-11-7-4-8-12-24/h3-14,21-22,28H,15-20H2,1-2H3. The molecule has 4 nitrogen and oxygen atoms in total. The zero-order chi connectivity index (χ0) is 23.9. The Kier molecular flexibility index (Phi) is 8.41. The Hall–Kier alpha value is -2.63. The molecule has 1 fully saturated rings. The molecule has 5 heteroatoms. The van der Waals surface area contributed by atoms with E-state index < -0.39 is 0 Å². The number of hydrogen-bond acceptors (Lipinski definition) is 3. The lowest BCUT2D eigenvalue weighted by Crippen LogP contribution is -2.50. The molecule has 0 bridgehead atoms. The van der Waals surface area contributed by atoms with Gasteiger partial charge >= 0.3 is 0 Å². The van der Waals surface area contributed by atoms with Crippen molar-refractivity contribution in [2.45, 2.75) is 26.3 Å². The van der Waals surface area contributed by atoms with Gasteiger partial charge in [0, 0.05) is 30.7 Å². The summed E-state index contributed by atoms with van der Waals surface area (Å²) in [6.07, 6.45) is 0.961. The van der Waals surface area contributed by atoms with Crippen molar-refractivity contribution in [1.29, 1.82) is 0 Å². The number of nitrogens with zero attached hydrogens (tertiary/aromatic N) is 2. The van der Waals surface area contributed by atoms with E-state index in [1.54, 1.807) is 0 Å². The number of hydrogen-bond donors (Lipinski definition) is 0. The van der Waals surface area contributed by atoms with Gasteiger partial charge in [0.1, 0.15) is 5.75 Å². The molecule has 0 N–H and O–H groups in total. The maximum atomic E-state index is 13.5. The number of rotatable bonds is 8. The molecule has 178 valence electrons. The molecule has 0 saturated carbocycles. The highest BCUT2D eigenvalue weighted by molar-refractivity contribution is 9.10. The fourth-order valence-electron chi connectivity index (χ4n) is 4.44. The van der Waals surface area contributed by atoms with Crippen LogP contribution in [0.5, 0.6) is 5.75 Å². The summed E-state index contributed by atoms with van der Waals surface area (Å²) < 4.78 is 6.90. The summed E-state index contributed by atoms with van der Waals surface area (Å²) in [5, 5.41) is 0. The lowest BCUT2D eigenvalue weighted by Gasteiger charge is -2.40. The van der Waals surface area contributed by atoms with Gasteiger partial charge < -0.3 is 9.64 Å². The van der Waals surface area contributed by atoms with Crippen molar-refractivity contribution < 1.29 is 9.53 Å². The predicted molar refractivity (Wildman–Crippen MR) is 141 cm³/mol. The Labute approximate surface area is 211 Å². The minimum atomic E-state index is 0.0384. The molecular weight excluding hydrogens is 488 g/mol. The van der Waals surface area contributed by atoms with E-state index in [4.69, 9.17) is 4.74 Å². The van der Waals surface area contributed by atoms with Crippen LogP contribution in [0.3, 0.4) is 0 Å². The molecule has 0 spiro atoms. The van der Waals surface area contributed by atoms with E-state index in [-0.39, 0.29) is 11.9 Å². The second-order valence-corrected chi connectivity index (χ2v) is 10.1. The Balaban J connectivity index is 1.48. The monoisotopic (exact) mass is 520 g/mol. The van der Waals surface area contributed by atoms with E-state index in [9.17, 15) is 4.79 Å². The molecule has 3 aromatic carbocycles. The van der Waals surface area contributed by atoms with Crippen molar-refractivity contribution in [2.75, 3.05) is 32.8 Å². The van der Waals surface area contributed by atoms with Crippen LogP contribution in [0.1, 0.15) is 47.8 Å². The zero-order valence-electron chi connectivity index (χ0n) is 20.0. The average molecular weight is 521 g/mol. The Morgan fingerprint density at radius 3 is 2.03 bits per heavy atom. The summed E-state index contributed by atoms with van der Waals surface area (Å²) in [5.74, 6) is 1.27. The molecule has 1 heterocycles. The first-order valence-corrected chi connectivity index (χ1v) is 12.9. The molecule has 1 aliphatic heterocycles. The molecule has 34 heavy (non-hydrogen) atoms. The third kappa shape index (κ3) is 6.08. The van der Waals surface area contributed by atoms with Gasteiger partial charge in [-0.25, -0.2) is 0 Å². The van der Waals surface area contributed by atoms with Gasteiger partial charge in [-0.15, -0.1) is 0 Å². The van der Waals surface area contributed by atoms with Crippen LogP contribution in [0, 0.1) is 5.92 Å². The summed E-state index contributed by atoms with van der Waals surface area (Å²) in [4.78, 5) is 17.9. The van der Waals surface area contributed by atoms with Crippen LogP contribution < -0.4 is 4.74 Å². The highest BCUT2D eigenvalue weighted by atomic mass is 79.9. The fourth-order valence-corrected chi connectivity index (χ4v) is 4.80. The highest BCUT2D eigenvalue weighted by Crippen LogP contribution is 2.31. The van der Waals surface area contributed by atoms with Crippen molar-refractivity contribution >= 4 is 21.8 Å². The molecule has 0 atom stereocenters. The molecule has 3 aromatic rings. The molecule has 0 unspecified atom stereocenters. The van der Waals surface area contributed by atoms with Crippen molar-refractivity contribution in [1.82, 2.24) is 9.80 Å². The quantitative estimate of drug-likeness (QED) is 0.343. The van der Waals surface area contributed by atoms with Gasteiger partial charge in [-0.3, -0.25) is 9.69 Å². The van der Waals surface area contributed by atoms with Gasteiger partial charge in [0.25, 0.3) is 5.91 Å². The summed E-state index contributed by atoms with van der Waals surface area (Å²) >= 11 is 3.53. The Bertz CT molecular complexity index is 1020. The van der Waals surface area contributed by atoms with Gasteiger partial charge in [-0.05, 0) is 41.7 Å². The van der Waals surface area contributed by atoms with Gasteiger partial charge in [0.05, 0.1) is 18.2 Å². The van der Waals surface area contributed by atoms with E-state index in [1.165, 1.54) is 11.1 Å². The summed E-state index contributed by atoms with van der Waals surface area (Å²) in [6.45, 7) is 7.97. The molecule has 4 rings (SSSR count).